The Kier molecular flexibility index (Phi) is 11.7. The maximum absolute atomic E-state index is 11.8. The van der Waals surface area contributed by atoms with Crippen LogP contribution in [0.4, 0.5) is 9.59 Å². The van der Waals surface area contributed by atoms with Crippen molar-refractivity contribution >= 4 is 24.2 Å². The quantitative estimate of drug-likeness (QED) is 0.223. The monoisotopic (exact) mass is 506 g/mol. The summed E-state index contributed by atoms with van der Waals surface area (Å²) in [6.45, 7) is 5.18. The average Bonchev–Trinajstić information content (AvgIpc) is 2.84. The third-order valence-corrected chi connectivity index (χ3v) is 4.81. The van der Waals surface area contributed by atoms with Gasteiger partial charge >= 0.3 is 24.2 Å². The highest BCUT2D eigenvalue weighted by Gasteiger charge is 2.16. The number of hydrogen-bond donors (Lipinski definition) is 0. The highest BCUT2D eigenvalue weighted by molar-refractivity contribution is 5.91. The Hall–Kier alpha value is -4.16. The van der Waals surface area contributed by atoms with Gasteiger partial charge in [-0.3, -0.25) is 9.78 Å². The molecule has 12 nitrogen and oxygen atoms in total. The van der Waals surface area contributed by atoms with Crippen LogP contribution in [0.25, 0.3) is 0 Å². The molecule has 2 aromatic carbocycles. The molecule has 0 amide bonds. The first-order valence-electron chi connectivity index (χ1n) is 10.8. The van der Waals surface area contributed by atoms with Crippen molar-refractivity contribution in [2.75, 3.05) is 13.2 Å². The van der Waals surface area contributed by atoms with Crippen LogP contribution in [0.1, 0.15) is 51.6 Å². The molecule has 0 aliphatic heterocycles. The van der Waals surface area contributed by atoms with E-state index in [4.69, 9.17) is 9.47 Å². The fourth-order valence-electron chi connectivity index (χ4n) is 2.72. The molecule has 2 rings (SSSR count). The summed E-state index contributed by atoms with van der Waals surface area (Å²) in [5, 5.41) is 8.31. The molecule has 0 N–H and O–H groups in total. The molecule has 0 atom stereocenters. The van der Waals surface area contributed by atoms with E-state index >= 15 is 0 Å². The molecule has 0 spiro atoms. The van der Waals surface area contributed by atoms with E-state index in [0.717, 1.165) is 0 Å². The van der Waals surface area contributed by atoms with Gasteiger partial charge in [-0.1, -0.05) is 43.3 Å². The summed E-state index contributed by atoms with van der Waals surface area (Å²) < 4.78 is 9.59. The standard InChI is InChI=1S/C24H26O12/c1-16(12-14-29-23(27)33-35-31-21(25)19-10-6-4-8-17(19)2)13-15-30-24(28)34-36-32-22(26)20-11-7-5-9-18(20)3/h4-11,16H,12-15H2,1-3H3. The zero-order valence-electron chi connectivity index (χ0n) is 19.9. The summed E-state index contributed by atoms with van der Waals surface area (Å²) in [7, 11) is 0. The van der Waals surface area contributed by atoms with E-state index < -0.39 is 24.2 Å². The predicted octanol–water partition coefficient (Wildman–Crippen LogP) is 4.73. The number of carbonyl (C=O) groups excluding carboxylic acids is 4. The molecular weight excluding hydrogens is 480 g/mol. The van der Waals surface area contributed by atoms with E-state index in [-0.39, 0.29) is 30.3 Å². The Morgan fingerprint density at radius 1 is 0.639 bits per heavy atom. The lowest BCUT2D eigenvalue weighted by molar-refractivity contribution is -0.452. The van der Waals surface area contributed by atoms with E-state index in [1.54, 1.807) is 50.2 Å². The molecular formula is C24H26O12. The van der Waals surface area contributed by atoms with Gasteiger partial charge in [-0.15, -0.1) is 0 Å². The summed E-state index contributed by atoms with van der Waals surface area (Å²) in [5.41, 5.74) is 1.83. The van der Waals surface area contributed by atoms with Crippen molar-refractivity contribution in [2.24, 2.45) is 5.92 Å². The van der Waals surface area contributed by atoms with Crippen molar-refractivity contribution in [3.05, 3.63) is 70.8 Å². The third kappa shape index (κ3) is 9.99. The summed E-state index contributed by atoms with van der Waals surface area (Å²) in [5.74, 6) is -1.68. The first kappa shape index (κ1) is 28.1. The molecule has 2 aromatic rings. The van der Waals surface area contributed by atoms with Crippen molar-refractivity contribution in [3.8, 4) is 0 Å². The highest BCUT2D eigenvalue weighted by atomic mass is 17.5. The van der Waals surface area contributed by atoms with Crippen LogP contribution in [-0.4, -0.2) is 37.5 Å². The minimum absolute atomic E-state index is 0.0230. The summed E-state index contributed by atoms with van der Waals surface area (Å²) >= 11 is 0. The van der Waals surface area contributed by atoms with Crippen LogP contribution < -0.4 is 0 Å². The SMILES string of the molecule is Cc1ccccc1C(=O)OOOC(=O)OCCC(C)CCOC(=O)OOOC(=O)c1ccccc1C. The first-order valence-corrected chi connectivity index (χ1v) is 10.8. The first-order chi connectivity index (χ1) is 17.3. The van der Waals surface area contributed by atoms with Crippen LogP contribution in [-0.2, 0) is 39.1 Å². The van der Waals surface area contributed by atoms with Crippen LogP contribution in [0.2, 0.25) is 0 Å². The van der Waals surface area contributed by atoms with Gasteiger partial charge in [0.2, 0.25) is 0 Å². The van der Waals surface area contributed by atoms with Gasteiger partial charge in [0.15, 0.2) is 0 Å². The van der Waals surface area contributed by atoms with Crippen molar-refractivity contribution in [2.45, 2.75) is 33.6 Å². The van der Waals surface area contributed by atoms with E-state index in [1.165, 1.54) is 12.1 Å². The highest BCUT2D eigenvalue weighted by Crippen LogP contribution is 2.11. The van der Waals surface area contributed by atoms with E-state index in [0.29, 0.717) is 24.0 Å². The van der Waals surface area contributed by atoms with Crippen LogP contribution in [0.3, 0.4) is 0 Å². The molecule has 0 saturated carbocycles. The second kappa shape index (κ2) is 15.0. The van der Waals surface area contributed by atoms with Crippen molar-refractivity contribution in [1.29, 1.82) is 0 Å². The molecule has 0 aliphatic rings. The van der Waals surface area contributed by atoms with Gasteiger partial charge in [0, 0.05) is 0 Å². The molecule has 0 fully saturated rings. The average molecular weight is 506 g/mol. The topological polar surface area (TPSA) is 142 Å². The minimum atomic E-state index is -1.20. The molecule has 0 saturated heterocycles. The van der Waals surface area contributed by atoms with Gasteiger partial charge in [0.1, 0.15) is 0 Å². The Balaban J connectivity index is 1.50. The lowest BCUT2D eigenvalue weighted by Gasteiger charge is -2.11. The molecule has 0 heterocycles. The van der Waals surface area contributed by atoms with Crippen molar-refractivity contribution in [3.63, 3.8) is 0 Å². The van der Waals surface area contributed by atoms with E-state index in [2.05, 4.69) is 29.6 Å². The molecule has 36 heavy (non-hydrogen) atoms. The van der Waals surface area contributed by atoms with Gasteiger partial charge in [-0.05, 0) is 55.9 Å². The Morgan fingerprint density at radius 2 is 1.03 bits per heavy atom. The number of ether oxygens (including phenoxy) is 2. The Morgan fingerprint density at radius 3 is 1.42 bits per heavy atom. The zero-order valence-corrected chi connectivity index (χ0v) is 19.9. The van der Waals surface area contributed by atoms with Crippen molar-refractivity contribution < 1.29 is 58.3 Å². The maximum Gasteiger partial charge on any atom is 0.543 e. The molecule has 0 aliphatic carbocycles. The Labute approximate surface area is 206 Å². The molecule has 0 radical (unpaired) electrons. The number of carbonyl (C=O) groups is 4. The number of rotatable bonds is 12. The predicted molar refractivity (Wildman–Crippen MR) is 119 cm³/mol. The lowest BCUT2D eigenvalue weighted by atomic mass is 10.1. The molecule has 0 aromatic heterocycles. The third-order valence-electron chi connectivity index (χ3n) is 4.81. The maximum atomic E-state index is 11.8. The van der Waals surface area contributed by atoms with Gasteiger partial charge in [0.25, 0.3) is 0 Å². The van der Waals surface area contributed by atoms with Crippen LogP contribution in [0, 0.1) is 19.8 Å². The normalized spacial score (nSPS) is 10.3. The Bertz CT molecular complexity index is 954. The van der Waals surface area contributed by atoms with Crippen LogP contribution >= 0.6 is 0 Å². The second-order valence-electron chi connectivity index (χ2n) is 7.55. The van der Waals surface area contributed by atoms with E-state index in [1.807, 2.05) is 6.92 Å². The fraction of sp³-hybridized carbons (Fsp3) is 0.333. The zero-order chi connectivity index (χ0) is 26.3. The summed E-state index contributed by atoms with van der Waals surface area (Å²) in [6, 6.07) is 13.3. The molecule has 12 heteroatoms. The smallest absolute Gasteiger partial charge is 0.432 e. The minimum Gasteiger partial charge on any atom is -0.432 e. The number of benzene rings is 2. The van der Waals surface area contributed by atoms with Gasteiger partial charge < -0.3 is 9.47 Å². The largest absolute Gasteiger partial charge is 0.543 e. The van der Waals surface area contributed by atoms with Crippen LogP contribution in [0.5, 0.6) is 0 Å². The molecule has 0 unspecified atom stereocenters. The second-order valence-corrected chi connectivity index (χ2v) is 7.55. The number of hydrogen-bond acceptors (Lipinski definition) is 12. The summed E-state index contributed by atoms with van der Waals surface area (Å²) in [4.78, 5) is 63.8. The van der Waals surface area contributed by atoms with Gasteiger partial charge in [-0.25, -0.2) is 29.0 Å². The molecule has 194 valence electrons. The van der Waals surface area contributed by atoms with Gasteiger partial charge in [0.05, 0.1) is 34.4 Å². The van der Waals surface area contributed by atoms with E-state index in [9.17, 15) is 19.2 Å². The van der Waals surface area contributed by atoms with Crippen LogP contribution in [0.15, 0.2) is 48.5 Å². The summed E-state index contributed by atoms with van der Waals surface area (Å²) in [6.07, 6.45) is -1.59. The lowest BCUT2D eigenvalue weighted by Crippen LogP contribution is -2.15. The van der Waals surface area contributed by atoms with Gasteiger partial charge in [-0.2, -0.15) is 0 Å². The fourth-order valence-corrected chi connectivity index (χ4v) is 2.72. The molecule has 0 bridgehead atoms. The van der Waals surface area contributed by atoms with Crippen molar-refractivity contribution in [1.82, 2.24) is 0 Å². The number of aryl methyl sites for hydroxylation is 2.